The molecule has 26 heavy (non-hydrogen) atoms. The van der Waals surface area contributed by atoms with Gasteiger partial charge in [0.15, 0.2) is 5.78 Å². The van der Waals surface area contributed by atoms with Gasteiger partial charge in [0.05, 0.1) is 22.6 Å². The maximum Gasteiger partial charge on any atom is 0.161 e. The number of hydrogen-bond acceptors (Lipinski definition) is 5. The highest BCUT2D eigenvalue weighted by Crippen LogP contribution is 2.45. The van der Waals surface area contributed by atoms with E-state index in [4.69, 9.17) is 28.5 Å². The lowest BCUT2D eigenvalue weighted by Crippen LogP contribution is -2.36. The summed E-state index contributed by atoms with van der Waals surface area (Å²) in [7, 11) is 1.79. The van der Waals surface area contributed by atoms with E-state index < -0.39 is 5.92 Å². The lowest BCUT2D eigenvalue weighted by atomic mass is 9.76. The van der Waals surface area contributed by atoms with Crippen LogP contribution in [0.25, 0.3) is 0 Å². The van der Waals surface area contributed by atoms with Crippen LogP contribution in [0.3, 0.4) is 0 Å². The molecule has 1 atom stereocenters. The van der Waals surface area contributed by atoms with Crippen molar-refractivity contribution in [1.82, 2.24) is 4.90 Å². The fourth-order valence-electron chi connectivity index (χ4n) is 3.53. The van der Waals surface area contributed by atoms with Crippen molar-refractivity contribution in [3.05, 3.63) is 51.4 Å². The average Bonchev–Trinajstić information content (AvgIpc) is 2.63. The van der Waals surface area contributed by atoms with Gasteiger partial charge in [0.1, 0.15) is 18.2 Å². The third kappa shape index (κ3) is 2.92. The zero-order chi connectivity index (χ0) is 18.8. The van der Waals surface area contributed by atoms with E-state index in [2.05, 4.69) is 12.0 Å². The van der Waals surface area contributed by atoms with Gasteiger partial charge in [-0.25, -0.2) is 0 Å². The summed E-state index contributed by atoms with van der Waals surface area (Å²) in [6.07, 6.45) is 7.21. The number of ketones is 1. The maximum absolute atomic E-state index is 12.7. The second-order valence-corrected chi connectivity index (χ2v) is 6.63. The third-order valence-electron chi connectivity index (χ3n) is 4.77. The van der Waals surface area contributed by atoms with Crippen molar-refractivity contribution < 1.29 is 9.53 Å². The molecule has 1 heterocycles. The van der Waals surface area contributed by atoms with Crippen molar-refractivity contribution >= 4 is 17.4 Å². The Morgan fingerprint density at radius 1 is 1.46 bits per heavy atom. The Labute approximate surface area is 157 Å². The first-order chi connectivity index (χ1) is 12.5. The van der Waals surface area contributed by atoms with Crippen LogP contribution in [0.5, 0.6) is 5.75 Å². The van der Waals surface area contributed by atoms with Gasteiger partial charge in [0.2, 0.25) is 0 Å². The number of ether oxygens (including phenoxy) is 1. The number of carbonyl (C=O) groups excluding carboxylic acids is 1. The molecule has 1 aliphatic heterocycles. The van der Waals surface area contributed by atoms with E-state index in [0.717, 1.165) is 24.1 Å². The van der Waals surface area contributed by atoms with Crippen LogP contribution >= 0.6 is 11.6 Å². The monoisotopic (exact) mass is 367 g/mol. The molecule has 0 bridgehead atoms. The number of benzene rings is 1. The molecule has 1 aromatic rings. The van der Waals surface area contributed by atoms with Crippen molar-refractivity contribution in [1.29, 1.82) is 5.26 Å². The topological polar surface area (TPSA) is 79.3 Å². The molecule has 5 nitrogen and oxygen atoms in total. The van der Waals surface area contributed by atoms with Crippen molar-refractivity contribution in [2.24, 2.45) is 5.73 Å². The van der Waals surface area contributed by atoms with Crippen LogP contribution in [0.2, 0.25) is 5.02 Å². The van der Waals surface area contributed by atoms with E-state index in [1.807, 2.05) is 0 Å². The van der Waals surface area contributed by atoms with Crippen molar-refractivity contribution in [3.8, 4) is 24.2 Å². The normalized spacial score (nSPS) is 19.8. The fraction of sp³-hybridized carbons (Fsp3) is 0.300. The molecule has 2 N–H and O–H groups in total. The van der Waals surface area contributed by atoms with Gasteiger partial charge in [-0.05, 0) is 30.5 Å². The Bertz CT molecular complexity index is 918. The summed E-state index contributed by atoms with van der Waals surface area (Å²) < 4.78 is 5.39. The van der Waals surface area contributed by atoms with E-state index in [0.29, 0.717) is 34.2 Å². The van der Waals surface area contributed by atoms with Crippen molar-refractivity contribution in [2.45, 2.75) is 25.2 Å². The Morgan fingerprint density at radius 2 is 2.23 bits per heavy atom. The van der Waals surface area contributed by atoms with Gasteiger partial charge in [-0.2, -0.15) is 5.26 Å². The number of nitriles is 1. The molecule has 0 unspecified atom stereocenters. The number of nitrogens with zero attached hydrogens (tertiary/aromatic N) is 2. The first kappa shape index (κ1) is 17.9. The molecule has 2 aliphatic rings. The first-order valence-corrected chi connectivity index (χ1v) is 8.62. The van der Waals surface area contributed by atoms with Gasteiger partial charge in [-0.3, -0.25) is 4.79 Å². The lowest BCUT2D eigenvalue weighted by molar-refractivity contribution is -0.116. The van der Waals surface area contributed by atoms with Gasteiger partial charge in [-0.15, -0.1) is 6.42 Å². The zero-order valence-corrected chi connectivity index (χ0v) is 15.1. The molecule has 0 saturated carbocycles. The molecule has 0 spiro atoms. The highest BCUT2D eigenvalue weighted by atomic mass is 35.5. The van der Waals surface area contributed by atoms with Crippen LogP contribution in [-0.2, 0) is 4.79 Å². The minimum Gasteiger partial charge on any atom is -0.479 e. The first-order valence-electron chi connectivity index (χ1n) is 8.25. The van der Waals surface area contributed by atoms with Crippen molar-refractivity contribution in [3.63, 3.8) is 0 Å². The summed E-state index contributed by atoms with van der Waals surface area (Å²) in [6, 6.07) is 7.39. The van der Waals surface area contributed by atoms with Crippen LogP contribution in [-0.4, -0.2) is 24.3 Å². The van der Waals surface area contributed by atoms with E-state index in [1.165, 1.54) is 0 Å². The van der Waals surface area contributed by atoms with E-state index in [1.54, 1.807) is 30.1 Å². The second-order valence-electron chi connectivity index (χ2n) is 6.22. The highest BCUT2D eigenvalue weighted by Gasteiger charge is 2.38. The molecule has 0 radical (unpaired) electrons. The van der Waals surface area contributed by atoms with Crippen LogP contribution in [0.15, 0.2) is 40.9 Å². The molecule has 0 fully saturated rings. The minimum absolute atomic E-state index is 0.0483. The second kappa shape index (κ2) is 7.15. The number of Topliss-reactive ketones (excluding diaryl/α,β-unsaturated/α-hetero) is 1. The Morgan fingerprint density at radius 3 is 2.88 bits per heavy atom. The molecule has 3 rings (SSSR count). The molecule has 132 valence electrons. The number of halogens is 1. The number of nitrogens with two attached hydrogens (primary N) is 1. The lowest BCUT2D eigenvalue weighted by Gasteiger charge is -2.37. The number of allylic oxidation sites excluding steroid dienone is 3. The van der Waals surface area contributed by atoms with Gasteiger partial charge in [0, 0.05) is 24.7 Å². The van der Waals surface area contributed by atoms with Crippen molar-refractivity contribution in [2.75, 3.05) is 13.7 Å². The molecular weight excluding hydrogens is 350 g/mol. The Balaban J connectivity index is 2.13. The Kier molecular flexibility index (Phi) is 4.93. The van der Waals surface area contributed by atoms with Crippen LogP contribution in [0.4, 0.5) is 0 Å². The van der Waals surface area contributed by atoms with Crippen LogP contribution < -0.4 is 10.5 Å². The number of terminal acetylenes is 1. The number of hydrogen-bond donors (Lipinski definition) is 1. The molecule has 0 saturated heterocycles. The quantitative estimate of drug-likeness (QED) is 0.830. The summed E-state index contributed by atoms with van der Waals surface area (Å²) in [6.45, 7) is 0.109. The van der Waals surface area contributed by atoms with E-state index >= 15 is 0 Å². The molecule has 1 aliphatic carbocycles. The predicted molar refractivity (Wildman–Crippen MR) is 99.0 cm³/mol. The van der Waals surface area contributed by atoms with Gasteiger partial charge in [-0.1, -0.05) is 23.6 Å². The third-order valence-corrected chi connectivity index (χ3v) is 5.06. The average molecular weight is 368 g/mol. The summed E-state index contributed by atoms with van der Waals surface area (Å²) >= 11 is 6.32. The van der Waals surface area contributed by atoms with Gasteiger partial charge >= 0.3 is 0 Å². The SMILES string of the molecule is C#CCOc1ccc([C@H]2C(C#N)=C(N)N(C)C3=C2C(=O)CCC3)cc1Cl. The summed E-state index contributed by atoms with van der Waals surface area (Å²) in [5, 5.41) is 10.1. The van der Waals surface area contributed by atoms with Gasteiger partial charge < -0.3 is 15.4 Å². The van der Waals surface area contributed by atoms with Crippen LogP contribution in [0.1, 0.15) is 30.7 Å². The molecule has 1 aromatic carbocycles. The molecular formula is C20H18ClN3O2. The molecule has 6 heteroatoms. The van der Waals surface area contributed by atoms with E-state index in [-0.39, 0.29) is 12.4 Å². The standard InChI is InChI=1S/C20H18ClN3O2/c1-3-9-26-17-8-7-12(10-14(17)21)18-13(11-22)20(23)24(2)15-5-4-6-16(25)19(15)18/h1,7-8,10,18H,4-6,9,23H2,2H3/t18-/m0/s1. The summed E-state index contributed by atoms with van der Waals surface area (Å²) in [5.41, 5.74) is 8.81. The minimum atomic E-state index is -0.516. The predicted octanol–water partition coefficient (Wildman–Crippen LogP) is 3.08. The van der Waals surface area contributed by atoms with Gasteiger partial charge in [0.25, 0.3) is 0 Å². The maximum atomic E-state index is 12.7. The Hall–Kier alpha value is -2.89. The fourth-order valence-corrected chi connectivity index (χ4v) is 3.77. The number of rotatable bonds is 3. The summed E-state index contributed by atoms with van der Waals surface area (Å²) in [5.74, 6) is 2.75. The largest absolute Gasteiger partial charge is 0.479 e. The smallest absolute Gasteiger partial charge is 0.161 e. The highest BCUT2D eigenvalue weighted by molar-refractivity contribution is 6.32. The summed E-state index contributed by atoms with van der Waals surface area (Å²) in [4.78, 5) is 14.4. The number of carbonyl (C=O) groups is 1. The molecule has 0 aromatic heterocycles. The molecule has 0 amide bonds. The zero-order valence-electron chi connectivity index (χ0n) is 14.4. The van der Waals surface area contributed by atoms with E-state index in [9.17, 15) is 10.1 Å². The van der Waals surface area contributed by atoms with Crippen LogP contribution in [0, 0.1) is 23.7 Å².